The Kier molecular flexibility index (Phi) is 21.2. The number of methoxy groups -OCH3 is 2. The zero-order valence-electron chi connectivity index (χ0n) is 43.8. The van der Waals surface area contributed by atoms with E-state index in [-0.39, 0.29) is 66.1 Å². The van der Waals surface area contributed by atoms with Crippen LogP contribution in [0.15, 0.2) is 59.5 Å². The van der Waals surface area contributed by atoms with Crippen LogP contribution in [0, 0.1) is 23.7 Å². The van der Waals surface area contributed by atoms with Crippen molar-refractivity contribution in [3.63, 3.8) is 0 Å². The second-order valence-electron chi connectivity index (χ2n) is 20.4. The third-order valence-corrected chi connectivity index (χ3v) is 15.6. The summed E-state index contributed by atoms with van der Waals surface area (Å²) in [6.07, 6.45) is -7.26. The number of nitrogens with one attached hydrogen (secondary N) is 4. The lowest BCUT2D eigenvalue weighted by Crippen LogP contribution is -2.59. The molecule has 5 amide bonds. The number of benzene rings is 2. The molecule has 1 saturated heterocycles. The van der Waals surface area contributed by atoms with E-state index in [9.17, 15) is 50.7 Å². The van der Waals surface area contributed by atoms with Gasteiger partial charge in [0.1, 0.15) is 12.1 Å². The van der Waals surface area contributed by atoms with Gasteiger partial charge in [0.05, 0.1) is 47.6 Å². The molecule has 5 N–H and O–H groups in total. The van der Waals surface area contributed by atoms with Crippen LogP contribution in [0.2, 0.25) is 0 Å². The molecule has 2 aromatic carbocycles. The molecule has 2 aliphatic rings. The molecule has 10 atom stereocenters. The summed E-state index contributed by atoms with van der Waals surface area (Å²) in [7, 11) is 3.65. The van der Waals surface area contributed by atoms with Crippen LogP contribution in [0.4, 0.5) is 13.2 Å². The first-order valence-corrected chi connectivity index (χ1v) is 26.2. The molecule has 21 heteroatoms. The monoisotopic (exact) mass is 1040 g/mol. The zero-order valence-corrected chi connectivity index (χ0v) is 44.6. The number of amides is 5. The summed E-state index contributed by atoms with van der Waals surface area (Å²) < 4.78 is 80.6. The van der Waals surface area contributed by atoms with E-state index in [1.807, 2.05) is 65.3 Å². The van der Waals surface area contributed by atoms with Gasteiger partial charge in [-0.15, -0.1) is 0 Å². The highest BCUT2D eigenvalue weighted by atomic mass is 32.2. The van der Waals surface area contributed by atoms with Gasteiger partial charge in [-0.05, 0) is 80.8 Å². The molecule has 72 heavy (non-hydrogen) atoms. The maximum atomic E-state index is 14.5. The van der Waals surface area contributed by atoms with Crippen molar-refractivity contribution in [2.75, 3.05) is 41.9 Å². The predicted molar refractivity (Wildman–Crippen MR) is 265 cm³/mol. The standard InChI is InChI=1S/C51H78F3N7O10S/c1-13-32(6)43(60(10)48(66)41(30(2)3)56-47(65)42(31(4)5)59(8)9)39(70-11)29-40(62)61-27-17-20-38(61)44(71-12)33(7)45(63)55-37(28-34-18-15-14-16-19-34)46(64)58-72(68,69)36-23-21-35(22-24-36)50(25-26-50)57-49(67)51(52,53)54/h14-16,18-19,21-24,30-33,37-39,41-44,49,57,67H,13,17,20,25-29H2,1-12H3,(H,55,63)(H,56,65)(H,58,64)/t32-,33+,37-,38-,39+,41-,42-,43-,44+,49?/m0/s1. The SMILES string of the molecule is CC[C@H](C)[C@@H]([C@@H](CC(=O)N1CCC[C@H]1[C@H](OC)[C@@H](C)C(=O)N[C@@H](Cc1ccccc1)C(=O)NS(=O)(=O)c1ccc(C2(NC(O)C(F)(F)F)CC2)cc1)OC)N(C)C(=O)[C@@H](NC(=O)[C@H](C(C)C)N(C)C)C(C)C. The van der Waals surface area contributed by atoms with Crippen molar-refractivity contribution in [2.24, 2.45) is 23.7 Å². The number of rotatable bonds is 26. The number of likely N-dealkylation sites (N-methyl/N-ethyl adjacent to an activating group) is 2. The zero-order chi connectivity index (χ0) is 54.0. The molecular formula is C51H78F3N7O10S. The summed E-state index contributed by atoms with van der Waals surface area (Å²) in [5.74, 6) is -3.91. The van der Waals surface area contributed by atoms with Crippen LogP contribution in [0.25, 0.3) is 0 Å². The number of likely N-dealkylation sites (tertiary alicyclic amines) is 1. The number of aliphatic hydroxyl groups is 1. The Bertz CT molecular complexity index is 2240. The van der Waals surface area contributed by atoms with Gasteiger partial charge in [0.15, 0.2) is 0 Å². The number of nitrogens with zero attached hydrogens (tertiary/aromatic N) is 3. The van der Waals surface area contributed by atoms with Crippen LogP contribution >= 0.6 is 0 Å². The van der Waals surface area contributed by atoms with Gasteiger partial charge in [-0.3, -0.25) is 34.2 Å². The quantitative estimate of drug-likeness (QED) is 0.0834. The number of ether oxygens (including phenoxy) is 2. The number of carbonyl (C=O) groups excluding carboxylic acids is 5. The van der Waals surface area contributed by atoms with Gasteiger partial charge in [-0.1, -0.05) is 97.4 Å². The first kappa shape index (κ1) is 59.9. The molecule has 0 radical (unpaired) electrons. The summed E-state index contributed by atoms with van der Waals surface area (Å²) in [5.41, 5.74) is -0.270. The fraction of sp³-hybridized carbons (Fsp3) is 0.667. The third kappa shape index (κ3) is 15.0. The first-order valence-electron chi connectivity index (χ1n) is 24.8. The Morgan fingerprint density at radius 3 is 1.97 bits per heavy atom. The molecule has 4 rings (SSSR count). The average Bonchev–Trinajstić information content (AvgIpc) is 3.94. The summed E-state index contributed by atoms with van der Waals surface area (Å²) in [6.45, 7) is 13.5. The van der Waals surface area contributed by atoms with Crippen molar-refractivity contribution in [3.8, 4) is 0 Å². The van der Waals surface area contributed by atoms with E-state index in [0.717, 1.165) is 12.1 Å². The molecule has 0 aromatic heterocycles. The van der Waals surface area contributed by atoms with Crippen molar-refractivity contribution >= 4 is 39.6 Å². The predicted octanol–water partition coefficient (Wildman–Crippen LogP) is 4.33. The maximum Gasteiger partial charge on any atom is 0.427 e. The van der Waals surface area contributed by atoms with E-state index in [0.29, 0.717) is 36.9 Å². The van der Waals surface area contributed by atoms with Crippen molar-refractivity contribution in [3.05, 3.63) is 65.7 Å². The lowest BCUT2D eigenvalue weighted by atomic mass is 9.89. The van der Waals surface area contributed by atoms with Crippen LogP contribution in [0.5, 0.6) is 0 Å². The van der Waals surface area contributed by atoms with Crippen LogP contribution in [-0.4, -0.2) is 154 Å². The van der Waals surface area contributed by atoms with E-state index in [1.165, 1.54) is 26.4 Å². The Hall–Kier alpha value is -4.67. The third-order valence-electron chi connectivity index (χ3n) is 14.3. The van der Waals surface area contributed by atoms with Gasteiger partial charge >= 0.3 is 6.18 Å². The van der Waals surface area contributed by atoms with Gasteiger partial charge < -0.3 is 35.0 Å². The minimum absolute atomic E-state index is 0.0140. The molecule has 1 aliphatic carbocycles. The van der Waals surface area contributed by atoms with Gasteiger partial charge in [0.25, 0.3) is 15.9 Å². The second-order valence-corrected chi connectivity index (χ2v) is 22.1. The smallest absolute Gasteiger partial charge is 0.379 e. The largest absolute Gasteiger partial charge is 0.427 e. The van der Waals surface area contributed by atoms with Gasteiger partial charge in [0, 0.05) is 39.8 Å². The molecular weight excluding hydrogens is 960 g/mol. The Morgan fingerprint density at radius 1 is 0.861 bits per heavy atom. The van der Waals surface area contributed by atoms with Gasteiger partial charge in [0.2, 0.25) is 29.9 Å². The number of hydrogen-bond donors (Lipinski definition) is 5. The summed E-state index contributed by atoms with van der Waals surface area (Å²) in [4.78, 5) is 75.3. The fourth-order valence-corrected chi connectivity index (χ4v) is 11.0. The van der Waals surface area contributed by atoms with Crippen LogP contribution in [-0.2, 0) is 55.4 Å². The Balaban J connectivity index is 1.51. The molecule has 1 heterocycles. The number of carbonyl (C=O) groups is 5. The number of aliphatic hydroxyl groups excluding tert-OH is 1. The molecule has 0 bridgehead atoms. The van der Waals surface area contributed by atoms with Crippen LogP contribution < -0.4 is 20.7 Å². The summed E-state index contributed by atoms with van der Waals surface area (Å²) >= 11 is 0. The number of sulfonamides is 1. The number of hydrogen-bond acceptors (Lipinski definition) is 12. The van der Waals surface area contributed by atoms with Crippen molar-refractivity contribution in [1.82, 2.24) is 35.4 Å². The highest BCUT2D eigenvalue weighted by molar-refractivity contribution is 7.90. The molecule has 17 nitrogen and oxygen atoms in total. The molecule has 2 fully saturated rings. The van der Waals surface area contributed by atoms with Crippen molar-refractivity contribution < 1.29 is 60.1 Å². The fourth-order valence-electron chi connectivity index (χ4n) is 9.97. The minimum Gasteiger partial charge on any atom is -0.379 e. The van der Waals surface area contributed by atoms with E-state index in [2.05, 4.69) is 16.0 Å². The van der Waals surface area contributed by atoms with E-state index in [1.54, 1.807) is 54.1 Å². The highest BCUT2D eigenvalue weighted by Crippen LogP contribution is 2.47. The summed E-state index contributed by atoms with van der Waals surface area (Å²) in [5, 5.41) is 17.5. The Labute approximate surface area is 423 Å². The molecule has 1 unspecified atom stereocenters. The molecule has 1 aliphatic heterocycles. The first-order chi connectivity index (χ1) is 33.6. The van der Waals surface area contributed by atoms with Crippen molar-refractivity contribution in [2.45, 2.75) is 159 Å². The van der Waals surface area contributed by atoms with E-state index in [4.69, 9.17) is 9.47 Å². The minimum atomic E-state index is -4.91. The van der Waals surface area contributed by atoms with Crippen LogP contribution in [0.1, 0.15) is 98.1 Å². The van der Waals surface area contributed by atoms with E-state index >= 15 is 0 Å². The Morgan fingerprint density at radius 2 is 1.47 bits per heavy atom. The maximum absolute atomic E-state index is 14.5. The lowest BCUT2D eigenvalue weighted by Gasteiger charge is -2.41. The second kappa shape index (κ2) is 25.5. The van der Waals surface area contributed by atoms with Gasteiger partial charge in [-0.2, -0.15) is 13.2 Å². The molecule has 404 valence electrons. The molecule has 2 aromatic rings. The summed E-state index contributed by atoms with van der Waals surface area (Å²) in [6, 6.07) is 9.68. The molecule has 0 spiro atoms. The average molecular weight is 1040 g/mol. The number of alkyl halides is 3. The number of halogens is 3. The topological polar surface area (TPSA) is 216 Å². The highest BCUT2D eigenvalue weighted by Gasteiger charge is 2.51. The lowest BCUT2D eigenvalue weighted by molar-refractivity contribution is -0.217. The van der Waals surface area contributed by atoms with E-state index < -0.39 is 88.1 Å². The van der Waals surface area contributed by atoms with Crippen molar-refractivity contribution in [1.29, 1.82) is 0 Å². The van der Waals surface area contributed by atoms with Gasteiger partial charge in [-0.25, -0.2) is 13.1 Å². The molecule has 1 saturated carbocycles. The van der Waals surface area contributed by atoms with Crippen LogP contribution in [0.3, 0.4) is 0 Å². The normalized spacial score (nSPS) is 19.7.